The number of Topliss-reactive ketones (excluding diaryl/α,β-unsaturated/α-hetero) is 1. The van der Waals surface area contributed by atoms with Crippen LogP contribution >= 0.6 is 11.3 Å². The molecule has 0 aromatic carbocycles. The Bertz CT molecular complexity index is 587. The molecule has 7 heteroatoms. The maximum absolute atomic E-state index is 11.5. The number of imidazole rings is 1. The van der Waals surface area contributed by atoms with E-state index >= 15 is 0 Å². The topological polar surface area (TPSA) is 77.5 Å². The van der Waals surface area contributed by atoms with Gasteiger partial charge in [-0.25, -0.2) is 0 Å². The van der Waals surface area contributed by atoms with Gasteiger partial charge in [-0.2, -0.15) is 9.38 Å². The van der Waals surface area contributed by atoms with Crippen molar-refractivity contribution in [2.45, 2.75) is 26.2 Å². The maximum Gasteiger partial charge on any atom is 0.352 e. The lowest BCUT2D eigenvalue weighted by molar-refractivity contribution is -0.391. The lowest BCUT2D eigenvalue weighted by Gasteiger charge is -2.07. The SMILES string of the molecule is CCC(C(C)=O)c1nc2sccn2c1[N+](=O)[O-]. The van der Waals surface area contributed by atoms with Crippen molar-refractivity contribution in [2.24, 2.45) is 0 Å². The van der Waals surface area contributed by atoms with Gasteiger partial charge in [0.15, 0.2) is 0 Å². The number of carbonyl (C=O) groups is 1. The predicted octanol–water partition coefficient (Wildman–Crippen LogP) is 2.39. The number of thiazole rings is 1. The molecule has 90 valence electrons. The molecule has 2 aromatic heterocycles. The third-order valence-electron chi connectivity index (χ3n) is 2.66. The molecule has 0 aliphatic heterocycles. The van der Waals surface area contributed by atoms with Gasteiger partial charge in [-0.15, -0.1) is 0 Å². The first-order chi connectivity index (χ1) is 8.06. The van der Waals surface area contributed by atoms with Crippen LogP contribution in [0, 0.1) is 10.1 Å². The molecule has 2 rings (SSSR count). The summed E-state index contributed by atoms with van der Waals surface area (Å²) in [6.07, 6.45) is 2.11. The third-order valence-corrected chi connectivity index (χ3v) is 3.42. The van der Waals surface area contributed by atoms with Crippen molar-refractivity contribution in [3.63, 3.8) is 0 Å². The Balaban J connectivity index is 2.67. The van der Waals surface area contributed by atoms with E-state index in [-0.39, 0.29) is 17.3 Å². The molecule has 1 atom stereocenters. The number of rotatable bonds is 4. The van der Waals surface area contributed by atoms with Gasteiger partial charge in [0.2, 0.25) is 0 Å². The fourth-order valence-corrected chi connectivity index (χ4v) is 2.60. The monoisotopic (exact) mass is 253 g/mol. The molecular formula is C10H11N3O3S. The molecule has 0 radical (unpaired) electrons. The van der Waals surface area contributed by atoms with Gasteiger partial charge in [0.25, 0.3) is 4.96 Å². The van der Waals surface area contributed by atoms with Crippen LogP contribution in [0.3, 0.4) is 0 Å². The number of hydrogen-bond donors (Lipinski definition) is 0. The van der Waals surface area contributed by atoms with Gasteiger partial charge in [-0.1, -0.05) is 18.3 Å². The standard InChI is InChI=1S/C10H11N3O3S/c1-3-7(6(2)14)8-9(13(15)16)12-4-5-17-10(12)11-8/h4-5,7H,3H2,1-2H3. The summed E-state index contributed by atoms with van der Waals surface area (Å²) in [5.74, 6) is -0.688. The minimum Gasteiger partial charge on any atom is -0.358 e. The second kappa shape index (κ2) is 4.25. The predicted molar refractivity (Wildman–Crippen MR) is 63.4 cm³/mol. The molecule has 17 heavy (non-hydrogen) atoms. The molecule has 0 bridgehead atoms. The number of ketones is 1. The highest BCUT2D eigenvalue weighted by Crippen LogP contribution is 2.31. The average Bonchev–Trinajstić information content (AvgIpc) is 2.76. The molecule has 1 unspecified atom stereocenters. The zero-order chi connectivity index (χ0) is 12.6. The van der Waals surface area contributed by atoms with E-state index in [1.54, 1.807) is 11.6 Å². The third kappa shape index (κ3) is 1.82. The van der Waals surface area contributed by atoms with E-state index in [4.69, 9.17) is 0 Å². The van der Waals surface area contributed by atoms with Gasteiger partial charge in [0.1, 0.15) is 17.7 Å². The molecule has 2 aromatic rings. The van der Waals surface area contributed by atoms with Gasteiger partial charge in [0, 0.05) is 5.38 Å². The molecule has 6 nitrogen and oxygen atoms in total. The van der Waals surface area contributed by atoms with Crippen molar-refractivity contribution in [2.75, 3.05) is 0 Å². The lowest BCUT2D eigenvalue weighted by Crippen LogP contribution is -2.10. The summed E-state index contributed by atoms with van der Waals surface area (Å²) in [6, 6.07) is 0. The smallest absolute Gasteiger partial charge is 0.352 e. The first-order valence-corrected chi connectivity index (χ1v) is 6.04. The Labute approximate surface area is 101 Å². The Morgan fingerprint density at radius 3 is 2.94 bits per heavy atom. The molecule has 0 aliphatic rings. The quantitative estimate of drug-likeness (QED) is 0.619. The highest BCUT2D eigenvalue weighted by atomic mass is 32.1. The van der Waals surface area contributed by atoms with Crippen LogP contribution in [0.1, 0.15) is 31.9 Å². The summed E-state index contributed by atoms with van der Waals surface area (Å²) >= 11 is 1.32. The number of carbonyl (C=O) groups excluding carboxylic acids is 1. The van der Waals surface area contributed by atoms with Crippen LogP contribution in [0.25, 0.3) is 4.96 Å². The van der Waals surface area contributed by atoms with E-state index in [9.17, 15) is 14.9 Å². The number of hydrogen-bond acceptors (Lipinski definition) is 5. The summed E-state index contributed by atoms with van der Waals surface area (Å²) in [7, 11) is 0. The molecular weight excluding hydrogens is 242 g/mol. The second-order valence-electron chi connectivity index (χ2n) is 3.70. The van der Waals surface area contributed by atoms with E-state index in [1.165, 1.54) is 22.7 Å². The number of fused-ring (bicyclic) bond motifs is 1. The molecule has 0 saturated heterocycles. The normalized spacial score (nSPS) is 12.8. The van der Waals surface area contributed by atoms with Gasteiger partial charge >= 0.3 is 5.82 Å². The van der Waals surface area contributed by atoms with Gasteiger partial charge in [-0.3, -0.25) is 4.79 Å². The van der Waals surface area contributed by atoms with Gasteiger partial charge < -0.3 is 10.1 Å². The van der Waals surface area contributed by atoms with E-state index < -0.39 is 10.8 Å². The number of nitrogens with zero attached hydrogens (tertiary/aromatic N) is 3. The first kappa shape index (κ1) is 11.7. The molecule has 0 aliphatic carbocycles. The number of aromatic nitrogens is 2. The maximum atomic E-state index is 11.5. The average molecular weight is 253 g/mol. The molecule has 0 N–H and O–H groups in total. The Morgan fingerprint density at radius 2 is 2.41 bits per heavy atom. The summed E-state index contributed by atoms with van der Waals surface area (Å²) in [5.41, 5.74) is 0.275. The molecule has 0 amide bonds. The molecule has 2 heterocycles. The van der Waals surface area contributed by atoms with Crippen LogP contribution in [-0.4, -0.2) is 20.1 Å². The lowest BCUT2D eigenvalue weighted by atomic mass is 9.98. The van der Waals surface area contributed by atoms with E-state index in [1.807, 2.05) is 6.92 Å². The van der Waals surface area contributed by atoms with Crippen molar-refractivity contribution in [3.05, 3.63) is 27.4 Å². The Morgan fingerprint density at radius 1 is 1.71 bits per heavy atom. The fourth-order valence-electron chi connectivity index (χ4n) is 1.88. The van der Waals surface area contributed by atoms with Crippen LogP contribution in [0.2, 0.25) is 0 Å². The second-order valence-corrected chi connectivity index (χ2v) is 4.58. The van der Waals surface area contributed by atoms with Crippen molar-refractivity contribution in [3.8, 4) is 0 Å². The van der Waals surface area contributed by atoms with E-state index in [0.717, 1.165) is 0 Å². The van der Waals surface area contributed by atoms with Crippen molar-refractivity contribution < 1.29 is 9.72 Å². The molecule has 0 spiro atoms. The highest BCUT2D eigenvalue weighted by Gasteiger charge is 2.30. The van der Waals surface area contributed by atoms with Crippen LogP contribution in [0.4, 0.5) is 5.82 Å². The minimum absolute atomic E-state index is 0.0942. The Kier molecular flexibility index (Phi) is 2.93. The first-order valence-electron chi connectivity index (χ1n) is 5.16. The Hall–Kier alpha value is -1.76. The van der Waals surface area contributed by atoms with Crippen LogP contribution in [-0.2, 0) is 4.79 Å². The van der Waals surface area contributed by atoms with Crippen LogP contribution in [0.5, 0.6) is 0 Å². The summed E-state index contributed by atoms with van der Waals surface area (Å²) in [4.78, 5) is 26.8. The zero-order valence-electron chi connectivity index (χ0n) is 9.41. The van der Waals surface area contributed by atoms with Crippen molar-refractivity contribution in [1.82, 2.24) is 9.38 Å². The minimum atomic E-state index is -0.498. The van der Waals surface area contributed by atoms with Crippen LogP contribution in [0.15, 0.2) is 11.6 Å². The summed E-state index contributed by atoms with van der Waals surface area (Å²) in [5, 5.41) is 12.8. The van der Waals surface area contributed by atoms with Crippen molar-refractivity contribution >= 4 is 27.9 Å². The van der Waals surface area contributed by atoms with Gasteiger partial charge in [-0.05, 0) is 18.3 Å². The van der Waals surface area contributed by atoms with E-state index in [0.29, 0.717) is 11.4 Å². The van der Waals surface area contributed by atoms with Crippen LogP contribution < -0.4 is 0 Å². The molecule has 0 fully saturated rings. The summed E-state index contributed by atoms with van der Waals surface area (Å²) < 4.78 is 1.42. The number of nitro groups is 1. The van der Waals surface area contributed by atoms with Gasteiger partial charge in [0.05, 0.1) is 5.92 Å². The zero-order valence-corrected chi connectivity index (χ0v) is 10.2. The largest absolute Gasteiger partial charge is 0.358 e. The molecule has 0 saturated carbocycles. The van der Waals surface area contributed by atoms with E-state index in [2.05, 4.69) is 4.98 Å². The highest BCUT2D eigenvalue weighted by molar-refractivity contribution is 7.15. The summed E-state index contributed by atoms with van der Waals surface area (Å²) in [6.45, 7) is 3.26. The fraction of sp³-hybridized carbons (Fsp3) is 0.400. The van der Waals surface area contributed by atoms with Crippen molar-refractivity contribution in [1.29, 1.82) is 0 Å².